The molecular formula is C6H12BrNO. The highest BCUT2D eigenvalue weighted by Gasteiger charge is 2.26. The van der Waals surface area contributed by atoms with Crippen molar-refractivity contribution >= 4 is 21.8 Å². The van der Waals surface area contributed by atoms with Crippen LogP contribution in [0.15, 0.2) is 0 Å². The quantitative estimate of drug-likeness (QED) is 0.627. The molecule has 0 aliphatic carbocycles. The summed E-state index contributed by atoms with van der Waals surface area (Å²) in [6.45, 7) is 5.87. The maximum absolute atomic E-state index is 10.5. The topological polar surface area (TPSA) is 43.1 Å². The normalized spacial score (nSPS) is 15.1. The molecule has 0 saturated heterocycles. The Labute approximate surface area is 63.9 Å². The molecule has 54 valence electrons. The number of halogens is 1. The molecule has 0 aliphatic heterocycles. The molecule has 0 aromatic rings. The van der Waals surface area contributed by atoms with Crippen LogP contribution in [0, 0.1) is 5.41 Å². The monoisotopic (exact) mass is 193 g/mol. The number of nitrogens with two attached hydrogens (primary N) is 1. The van der Waals surface area contributed by atoms with Crippen molar-refractivity contribution in [3.05, 3.63) is 0 Å². The molecule has 0 fully saturated rings. The first-order valence-corrected chi connectivity index (χ1v) is 3.70. The summed E-state index contributed by atoms with van der Waals surface area (Å²) in [5.74, 6) is -0.303. The lowest BCUT2D eigenvalue weighted by molar-refractivity contribution is -0.118. The van der Waals surface area contributed by atoms with E-state index in [1.54, 1.807) is 0 Å². The van der Waals surface area contributed by atoms with Crippen molar-refractivity contribution < 1.29 is 4.79 Å². The molecule has 0 rings (SSSR count). The average molecular weight is 194 g/mol. The van der Waals surface area contributed by atoms with Crippen LogP contribution in [0.25, 0.3) is 0 Å². The van der Waals surface area contributed by atoms with E-state index in [9.17, 15) is 4.79 Å². The maximum atomic E-state index is 10.5. The minimum atomic E-state index is -0.303. The Morgan fingerprint density at radius 1 is 1.56 bits per heavy atom. The van der Waals surface area contributed by atoms with Gasteiger partial charge in [-0.3, -0.25) is 4.79 Å². The van der Waals surface area contributed by atoms with Gasteiger partial charge >= 0.3 is 0 Å². The van der Waals surface area contributed by atoms with Crippen LogP contribution < -0.4 is 5.73 Å². The number of amides is 1. The van der Waals surface area contributed by atoms with E-state index in [1.807, 2.05) is 20.8 Å². The average Bonchev–Trinajstić information content (AvgIpc) is 1.62. The molecule has 0 spiro atoms. The number of carbonyl (C=O) groups is 1. The van der Waals surface area contributed by atoms with E-state index in [0.717, 1.165) is 0 Å². The van der Waals surface area contributed by atoms with E-state index in [2.05, 4.69) is 15.9 Å². The SMILES string of the molecule is CC(C)(C)[C@@H](Br)C(N)=O. The van der Waals surface area contributed by atoms with Crippen molar-refractivity contribution in [2.75, 3.05) is 0 Å². The summed E-state index contributed by atoms with van der Waals surface area (Å²) in [7, 11) is 0. The molecule has 1 atom stereocenters. The van der Waals surface area contributed by atoms with Crippen molar-refractivity contribution in [1.29, 1.82) is 0 Å². The Hall–Kier alpha value is -0.0500. The van der Waals surface area contributed by atoms with Gasteiger partial charge in [0.05, 0.1) is 4.83 Å². The summed E-state index contributed by atoms with van der Waals surface area (Å²) >= 11 is 3.19. The van der Waals surface area contributed by atoms with Crippen molar-refractivity contribution in [2.45, 2.75) is 25.6 Å². The lowest BCUT2D eigenvalue weighted by Crippen LogP contribution is -2.34. The van der Waals surface area contributed by atoms with Crippen LogP contribution in [0.3, 0.4) is 0 Å². The van der Waals surface area contributed by atoms with Crippen LogP contribution in [0.1, 0.15) is 20.8 Å². The number of carbonyl (C=O) groups excluding carboxylic acids is 1. The highest BCUT2D eigenvalue weighted by atomic mass is 79.9. The van der Waals surface area contributed by atoms with Crippen LogP contribution >= 0.6 is 15.9 Å². The van der Waals surface area contributed by atoms with E-state index < -0.39 is 0 Å². The fourth-order valence-electron chi connectivity index (χ4n) is 0.427. The van der Waals surface area contributed by atoms with E-state index in [4.69, 9.17) is 5.73 Å². The first-order chi connectivity index (χ1) is 3.85. The lowest BCUT2D eigenvalue weighted by Gasteiger charge is -2.21. The van der Waals surface area contributed by atoms with Gasteiger partial charge in [-0.2, -0.15) is 0 Å². The lowest BCUT2D eigenvalue weighted by atomic mass is 9.92. The maximum Gasteiger partial charge on any atom is 0.231 e. The summed E-state index contributed by atoms with van der Waals surface area (Å²) in [5, 5.41) is 0. The first kappa shape index (κ1) is 8.95. The minimum Gasteiger partial charge on any atom is -0.369 e. The zero-order chi connectivity index (χ0) is 7.65. The zero-order valence-corrected chi connectivity index (χ0v) is 7.53. The molecule has 0 aliphatic rings. The smallest absolute Gasteiger partial charge is 0.231 e. The number of rotatable bonds is 1. The van der Waals surface area contributed by atoms with E-state index >= 15 is 0 Å². The molecule has 2 nitrogen and oxygen atoms in total. The van der Waals surface area contributed by atoms with Gasteiger partial charge in [0.25, 0.3) is 0 Å². The Kier molecular flexibility index (Phi) is 2.67. The van der Waals surface area contributed by atoms with Gasteiger partial charge in [0.15, 0.2) is 0 Å². The molecular weight excluding hydrogens is 182 g/mol. The minimum absolute atomic E-state index is 0.0775. The van der Waals surface area contributed by atoms with Gasteiger partial charge in [0, 0.05) is 0 Å². The number of hydrogen-bond donors (Lipinski definition) is 1. The highest BCUT2D eigenvalue weighted by molar-refractivity contribution is 9.10. The van der Waals surface area contributed by atoms with Crippen LogP contribution in [0.2, 0.25) is 0 Å². The van der Waals surface area contributed by atoms with E-state index in [0.29, 0.717) is 0 Å². The Bertz CT molecular complexity index is 117. The summed E-state index contributed by atoms with van der Waals surface area (Å²) < 4.78 is 0. The molecule has 2 N–H and O–H groups in total. The van der Waals surface area contributed by atoms with Gasteiger partial charge in [0.1, 0.15) is 0 Å². The number of alkyl halides is 1. The third kappa shape index (κ3) is 2.84. The van der Waals surface area contributed by atoms with Crippen molar-refractivity contribution in [1.82, 2.24) is 0 Å². The molecule has 0 aromatic heterocycles. The molecule has 0 saturated carbocycles. The summed E-state index contributed by atoms with van der Waals surface area (Å²) in [5.41, 5.74) is 4.96. The predicted octanol–water partition coefficient (Wildman–Crippen LogP) is 1.28. The first-order valence-electron chi connectivity index (χ1n) is 2.79. The summed E-state index contributed by atoms with van der Waals surface area (Å²) in [6, 6.07) is 0. The fraction of sp³-hybridized carbons (Fsp3) is 0.833. The predicted molar refractivity (Wildman–Crippen MR) is 41.4 cm³/mol. The van der Waals surface area contributed by atoms with Gasteiger partial charge < -0.3 is 5.73 Å². The van der Waals surface area contributed by atoms with Crippen LogP contribution in [0.5, 0.6) is 0 Å². The van der Waals surface area contributed by atoms with Gasteiger partial charge in [0.2, 0.25) is 5.91 Å². The molecule has 0 bridgehead atoms. The van der Waals surface area contributed by atoms with Crippen LogP contribution in [-0.2, 0) is 4.79 Å². The van der Waals surface area contributed by atoms with Crippen LogP contribution in [0.4, 0.5) is 0 Å². The number of primary amides is 1. The largest absolute Gasteiger partial charge is 0.369 e. The molecule has 0 aromatic carbocycles. The summed E-state index contributed by atoms with van der Waals surface area (Å²) in [6.07, 6.45) is 0. The van der Waals surface area contributed by atoms with Gasteiger partial charge in [-0.1, -0.05) is 36.7 Å². The second-order valence-electron chi connectivity index (χ2n) is 3.13. The van der Waals surface area contributed by atoms with E-state index in [1.165, 1.54) is 0 Å². The molecule has 9 heavy (non-hydrogen) atoms. The summed E-state index contributed by atoms with van der Waals surface area (Å²) in [4.78, 5) is 10.3. The van der Waals surface area contributed by atoms with Crippen molar-refractivity contribution in [3.63, 3.8) is 0 Å². The third-order valence-electron chi connectivity index (χ3n) is 1.01. The Morgan fingerprint density at radius 2 is 1.89 bits per heavy atom. The van der Waals surface area contributed by atoms with Crippen molar-refractivity contribution in [2.24, 2.45) is 11.1 Å². The molecule has 3 heteroatoms. The van der Waals surface area contributed by atoms with Crippen molar-refractivity contribution in [3.8, 4) is 0 Å². The Morgan fingerprint density at radius 3 is 1.89 bits per heavy atom. The fourth-order valence-corrected chi connectivity index (χ4v) is 0.427. The van der Waals surface area contributed by atoms with Gasteiger partial charge in [-0.25, -0.2) is 0 Å². The van der Waals surface area contributed by atoms with Crippen LogP contribution in [-0.4, -0.2) is 10.7 Å². The molecule has 0 radical (unpaired) electrons. The molecule has 0 heterocycles. The van der Waals surface area contributed by atoms with Gasteiger partial charge in [-0.15, -0.1) is 0 Å². The zero-order valence-electron chi connectivity index (χ0n) is 5.94. The highest BCUT2D eigenvalue weighted by Crippen LogP contribution is 2.25. The standard InChI is InChI=1S/C6H12BrNO/c1-6(2,3)4(7)5(8)9/h4H,1-3H3,(H2,8,9)/t4-/m0/s1. The van der Waals surface area contributed by atoms with E-state index in [-0.39, 0.29) is 16.1 Å². The second kappa shape index (κ2) is 2.69. The van der Waals surface area contributed by atoms with Gasteiger partial charge in [-0.05, 0) is 5.41 Å². The number of hydrogen-bond acceptors (Lipinski definition) is 1. The second-order valence-corrected chi connectivity index (χ2v) is 4.05. The Balaban J connectivity index is 4.04. The third-order valence-corrected chi connectivity index (χ3v) is 2.83. The molecule has 1 amide bonds. The molecule has 0 unspecified atom stereocenters.